The summed E-state index contributed by atoms with van der Waals surface area (Å²) in [4.78, 5) is 14.4. The molecule has 7 heteroatoms. The van der Waals surface area contributed by atoms with Crippen LogP contribution in [0, 0.1) is 6.92 Å². The highest BCUT2D eigenvalue weighted by atomic mass is 16.5. The lowest BCUT2D eigenvalue weighted by Crippen LogP contribution is -2.46. The molecule has 2 heterocycles. The topological polar surface area (TPSA) is 72.3 Å². The Balaban J connectivity index is 1.80. The molecule has 128 valence electrons. The first-order valence-electron chi connectivity index (χ1n) is 8.25. The van der Waals surface area contributed by atoms with Crippen molar-refractivity contribution in [3.05, 3.63) is 35.7 Å². The van der Waals surface area contributed by atoms with Crippen LogP contribution in [-0.2, 0) is 0 Å². The molecule has 1 saturated heterocycles. The minimum atomic E-state index is -0.0555. The fourth-order valence-corrected chi connectivity index (χ4v) is 2.73. The fraction of sp³-hybridized carbons (Fsp3) is 0.471. The predicted molar refractivity (Wildman–Crippen MR) is 90.6 cm³/mol. The predicted octanol–water partition coefficient (Wildman–Crippen LogP) is 1.41. The van der Waals surface area contributed by atoms with Crippen molar-refractivity contribution < 1.29 is 9.53 Å². The molecule has 24 heavy (non-hydrogen) atoms. The van der Waals surface area contributed by atoms with Gasteiger partial charge in [0.25, 0.3) is 5.91 Å². The second-order valence-electron chi connectivity index (χ2n) is 6.14. The zero-order valence-electron chi connectivity index (χ0n) is 14.3. The number of carbonyl (C=O) groups excluding carboxylic acids is 1. The van der Waals surface area contributed by atoms with Gasteiger partial charge in [0.2, 0.25) is 0 Å². The van der Waals surface area contributed by atoms with Crippen LogP contribution in [0.4, 0.5) is 0 Å². The van der Waals surface area contributed by atoms with Gasteiger partial charge in [0.1, 0.15) is 5.75 Å². The average Bonchev–Trinajstić information content (AvgIpc) is 2.97. The van der Waals surface area contributed by atoms with E-state index in [1.165, 1.54) is 0 Å². The quantitative estimate of drug-likeness (QED) is 0.918. The van der Waals surface area contributed by atoms with E-state index in [0.717, 1.165) is 30.2 Å². The standard InChI is InChI=1S/C17H23N5O2/c1-12(2)24-15-6-4-14(5-7-15)22-13(3)16(19-20-22)17(23)21-10-8-18-9-11-21/h4-7,12,18H,8-11H2,1-3H3. The summed E-state index contributed by atoms with van der Waals surface area (Å²) in [6, 6.07) is 7.62. The van der Waals surface area contributed by atoms with Gasteiger partial charge in [-0.15, -0.1) is 5.10 Å². The van der Waals surface area contributed by atoms with E-state index in [1.54, 1.807) is 4.68 Å². The monoisotopic (exact) mass is 329 g/mol. The smallest absolute Gasteiger partial charge is 0.276 e. The van der Waals surface area contributed by atoms with Gasteiger partial charge in [-0.2, -0.15) is 0 Å². The summed E-state index contributed by atoms with van der Waals surface area (Å²) in [5.74, 6) is 0.753. The van der Waals surface area contributed by atoms with Crippen LogP contribution in [0.2, 0.25) is 0 Å². The van der Waals surface area contributed by atoms with E-state index in [-0.39, 0.29) is 12.0 Å². The summed E-state index contributed by atoms with van der Waals surface area (Å²) in [7, 11) is 0. The second-order valence-corrected chi connectivity index (χ2v) is 6.14. The zero-order valence-corrected chi connectivity index (χ0v) is 14.3. The molecule has 1 N–H and O–H groups in total. The van der Waals surface area contributed by atoms with Crippen LogP contribution >= 0.6 is 0 Å². The van der Waals surface area contributed by atoms with E-state index >= 15 is 0 Å². The van der Waals surface area contributed by atoms with Crippen molar-refractivity contribution in [3.8, 4) is 11.4 Å². The first kappa shape index (κ1) is 16.4. The van der Waals surface area contributed by atoms with E-state index in [9.17, 15) is 4.79 Å². The Kier molecular flexibility index (Phi) is 4.80. The Hall–Kier alpha value is -2.41. The van der Waals surface area contributed by atoms with Gasteiger partial charge < -0.3 is 15.0 Å². The molecule has 1 fully saturated rings. The van der Waals surface area contributed by atoms with E-state index < -0.39 is 0 Å². The van der Waals surface area contributed by atoms with Crippen LogP contribution in [0.15, 0.2) is 24.3 Å². The molecule has 0 aliphatic carbocycles. The van der Waals surface area contributed by atoms with Gasteiger partial charge in [0, 0.05) is 26.2 Å². The Bertz CT molecular complexity index is 702. The van der Waals surface area contributed by atoms with E-state index in [2.05, 4.69) is 15.6 Å². The number of nitrogens with one attached hydrogen (secondary N) is 1. The number of ether oxygens (including phenoxy) is 1. The van der Waals surface area contributed by atoms with Crippen molar-refractivity contribution in [1.82, 2.24) is 25.2 Å². The van der Waals surface area contributed by atoms with Crippen LogP contribution in [0.1, 0.15) is 30.0 Å². The van der Waals surface area contributed by atoms with Crippen LogP contribution in [-0.4, -0.2) is 58.1 Å². The summed E-state index contributed by atoms with van der Waals surface area (Å²) in [5, 5.41) is 11.5. The van der Waals surface area contributed by atoms with Crippen molar-refractivity contribution >= 4 is 5.91 Å². The molecule has 1 aromatic heterocycles. The van der Waals surface area contributed by atoms with Crippen LogP contribution in [0.5, 0.6) is 5.75 Å². The first-order valence-corrected chi connectivity index (χ1v) is 8.25. The molecule has 3 rings (SSSR count). The summed E-state index contributed by atoms with van der Waals surface area (Å²) in [6.07, 6.45) is 0.132. The molecule has 0 saturated carbocycles. The molecule has 0 radical (unpaired) electrons. The van der Waals surface area contributed by atoms with Crippen molar-refractivity contribution in [3.63, 3.8) is 0 Å². The van der Waals surface area contributed by atoms with Gasteiger partial charge >= 0.3 is 0 Å². The normalized spacial score (nSPS) is 14.9. The first-order chi connectivity index (χ1) is 11.6. The molecule has 1 aliphatic heterocycles. The molecule has 7 nitrogen and oxygen atoms in total. The van der Waals surface area contributed by atoms with Crippen LogP contribution in [0.3, 0.4) is 0 Å². The fourth-order valence-electron chi connectivity index (χ4n) is 2.73. The number of hydrogen-bond donors (Lipinski definition) is 1. The highest BCUT2D eigenvalue weighted by Crippen LogP contribution is 2.18. The molecule has 1 amide bonds. The molecule has 1 aliphatic rings. The van der Waals surface area contributed by atoms with Gasteiger partial charge in [-0.05, 0) is 45.0 Å². The van der Waals surface area contributed by atoms with Crippen molar-refractivity contribution in [1.29, 1.82) is 0 Å². The van der Waals surface area contributed by atoms with Gasteiger partial charge in [-0.1, -0.05) is 5.21 Å². The average molecular weight is 329 g/mol. The molecular formula is C17H23N5O2. The molecule has 0 spiro atoms. The molecule has 0 bridgehead atoms. The van der Waals surface area contributed by atoms with Crippen molar-refractivity contribution in [2.24, 2.45) is 0 Å². The summed E-state index contributed by atoms with van der Waals surface area (Å²) in [5.41, 5.74) is 2.02. The summed E-state index contributed by atoms with van der Waals surface area (Å²) < 4.78 is 7.34. The van der Waals surface area contributed by atoms with Gasteiger partial charge in [0.05, 0.1) is 17.5 Å². The minimum absolute atomic E-state index is 0.0555. The Morgan fingerprint density at radius 1 is 1.21 bits per heavy atom. The van der Waals surface area contributed by atoms with E-state index in [4.69, 9.17) is 4.74 Å². The SMILES string of the molecule is Cc1c(C(=O)N2CCNCC2)nnn1-c1ccc(OC(C)C)cc1. The van der Waals surface area contributed by atoms with Crippen LogP contribution < -0.4 is 10.1 Å². The third-order valence-electron chi connectivity index (χ3n) is 3.95. The number of benzene rings is 1. The minimum Gasteiger partial charge on any atom is -0.491 e. The zero-order chi connectivity index (χ0) is 17.1. The molecule has 0 atom stereocenters. The lowest BCUT2D eigenvalue weighted by Gasteiger charge is -2.26. The maximum Gasteiger partial charge on any atom is 0.276 e. The number of aromatic nitrogens is 3. The van der Waals surface area contributed by atoms with E-state index in [0.29, 0.717) is 18.8 Å². The highest BCUT2D eigenvalue weighted by molar-refractivity contribution is 5.93. The molecule has 2 aromatic rings. The lowest BCUT2D eigenvalue weighted by molar-refractivity contribution is 0.0729. The van der Waals surface area contributed by atoms with Gasteiger partial charge in [0.15, 0.2) is 5.69 Å². The Labute approximate surface area is 141 Å². The van der Waals surface area contributed by atoms with Gasteiger partial charge in [-0.3, -0.25) is 4.79 Å². The molecule has 1 aromatic carbocycles. The maximum atomic E-state index is 12.6. The third kappa shape index (κ3) is 3.41. The van der Waals surface area contributed by atoms with Gasteiger partial charge in [-0.25, -0.2) is 4.68 Å². The third-order valence-corrected chi connectivity index (χ3v) is 3.95. The number of hydrogen-bond acceptors (Lipinski definition) is 5. The van der Waals surface area contributed by atoms with Crippen LogP contribution in [0.25, 0.3) is 5.69 Å². The molecular weight excluding hydrogens is 306 g/mol. The molecule has 0 unspecified atom stereocenters. The summed E-state index contributed by atoms with van der Waals surface area (Å²) in [6.45, 7) is 8.88. The highest BCUT2D eigenvalue weighted by Gasteiger charge is 2.24. The number of amides is 1. The van der Waals surface area contributed by atoms with Crippen molar-refractivity contribution in [2.75, 3.05) is 26.2 Å². The summed E-state index contributed by atoms with van der Waals surface area (Å²) >= 11 is 0. The van der Waals surface area contributed by atoms with E-state index in [1.807, 2.05) is 49.9 Å². The Morgan fingerprint density at radius 2 is 1.88 bits per heavy atom. The van der Waals surface area contributed by atoms with Crippen molar-refractivity contribution in [2.45, 2.75) is 26.9 Å². The Morgan fingerprint density at radius 3 is 2.50 bits per heavy atom. The number of carbonyl (C=O) groups is 1. The lowest BCUT2D eigenvalue weighted by atomic mass is 10.2. The maximum absolute atomic E-state index is 12.6. The largest absolute Gasteiger partial charge is 0.491 e. The number of rotatable bonds is 4. The number of piperazine rings is 1. The number of nitrogens with zero attached hydrogens (tertiary/aromatic N) is 4. The second kappa shape index (κ2) is 7.00.